The number of benzene rings is 1. The molecular weight excluding hydrogens is 356 g/mol. The lowest BCUT2D eigenvalue weighted by Crippen LogP contribution is -2.18. The van der Waals surface area contributed by atoms with Crippen molar-refractivity contribution in [3.63, 3.8) is 0 Å². The lowest BCUT2D eigenvalue weighted by atomic mass is 9.91. The predicted molar refractivity (Wildman–Crippen MR) is 114 cm³/mol. The highest BCUT2D eigenvalue weighted by Gasteiger charge is 2.29. The summed E-state index contributed by atoms with van der Waals surface area (Å²) in [5.74, 6) is 1.15. The van der Waals surface area contributed by atoms with Crippen LogP contribution in [0.2, 0.25) is 5.02 Å². The third-order valence-electron chi connectivity index (χ3n) is 5.38. The minimum absolute atomic E-state index is 0.177. The average Bonchev–Trinajstić information content (AvgIpc) is 3.14. The number of halogens is 1. The number of nitrogens with zero attached hydrogens (tertiary/aromatic N) is 4. The van der Waals surface area contributed by atoms with E-state index >= 15 is 0 Å². The van der Waals surface area contributed by atoms with Crippen LogP contribution in [0.5, 0.6) is 0 Å². The Balaban J connectivity index is 1.99. The Bertz CT molecular complexity index is 1130. The van der Waals surface area contributed by atoms with Gasteiger partial charge >= 0.3 is 0 Å². The largest absolute Gasteiger partial charge is 0.342 e. The fourth-order valence-electron chi connectivity index (χ4n) is 4.04. The van der Waals surface area contributed by atoms with Gasteiger partial charge in [-0.3, -0.25) is 0 Å². The van der Waals surface area contributed by atoms with E-state index < -0.39 is 0 Å². The van der Waals surface area contributed by atoms with Gasteiger partial charge in [0, 0.05) is 41.0 Å². The maximum absolute atomic E-state index is 6.43. The van der Waals surface area contributed by atoms with Crippen molar-refractivity contribution >= 4 is 28.2 Å². The number of allylic oxidation sites excluding steroid dienone is 3. The molecule has 2 aromatic heterocycles. The average molecular weight is 379 g/mol. The Hall–Kier alpha value is -2.59. The maximum atomic E-state index is 6.43. The maximum Gasteiger partial charge on any atom is 0.138 e. The van der Waals surface area contributed by atoms with Crippen LogP contribution in [0, 0.1) is 6.92 Å². The zero-order valence-electron chi connectivity index (χ0n) is 16.1. The molecule has 1 aromatic carbocycles. The Labute approximate surface area is 164 Å². The van der Waals surface area contributed by atoms with Gasteiger partial charge in [-0.1, -0.05) is 36.4 Å². The van der Waals surface area contributed by atoms with Crippen molar-refractivity contribution in [1.82, 2.24) is 14.2 Å². The molecule has 0 saturated carbocycles. The lowest BCUT2D eigenvalue weighted by molar-refractivity contribution is 0.663. The van der Waals surface area contributed by atoms with Gasteiger partial charge < -0.3 is 4.57 Å². The number of fused-ring (bicyclic) bond motifs is 2. The van der Waals surface area contributed by atoms with Crippen LogP contribution in [0.4, 0.5) is 0 Å². The monoisotopic (exact) mass is 378 g/mol. The first-order valence-electron chi connectivity index (χ1n) is 9.12. The molecule has 0 spiro atoms. The molecule has 0 N–H and O–H groups in total. The van der Waals surface area contributed by atoms with E-state index in [2.05, 4.69) is 43.3 Å². The molecule has 3 aromatic rings. The summed E-state index contributed by atoms with van der Waals surface area (Å²) >= 11 is 6.43. The van der Waals surface area contributed by atoms with Gasteiger partial charge in [0.05, 0.1) is 11.4 Å². The van der Waals surface area contributed by atoms with Crippen molar-refractivity contribution in [1.29, 1.82) is 0 Å². The van der Waals surface area contributed by atoms with Gasteiger partial charge in [-0.05, 0) is 44.5 Å². The van der Waals surface area contributed by atoms with Crippen molar-refractivity contribution in [2.45, 2.75) is 33.1 Å². The number of aryl methyl sites for hydroxylation is 2. The number of rotatable bonds is 3. The third-order valence-corrected chi connectivity index (χ3v) is 5.71. The van der Waals surface area contributed by atoms with E-state index in [0.717, 1.165) is 51.0 Å². The molecule has 1 aliphatic heterocycles. The first-order chi connectivity index (χ1) is 13.0. The number of hydrogen-bond donors (Lipinski definition) is 0. The summed E-state index contributed by atoms with van der Waals surface area (Å²) in [5.41, 5.74) is 6.41. The second-order valence-electron chi connectivity index (χ2n) is 7.06. The molecule has 5 heteroatoms. The van der Waals surface area contributed by atoms with Gasteiger partial charge in [-0.15, -0.1) is 0 Å². The summed E-state index contributed by atoms with van der Waals surface area (Å²) in [6.45, 7) is 10.1. The van der Waals surface area contributed by atoms with Gasteiger partial charge in [0.25, 0.3) is 0 Å². The van der Waals surface area contributed by atoms with E-state index in [-0.39, 0.29) is 5.92 Å². The number of imidazole rings is 1. The van der Waals surface area contributed by atoms with Gasteiger partial charge in [-0.2, -0.15) is 5.10 Å². The summed E-state index contributed by atoms with van der Waals surface area (Å²) in [5, 5.41) is 6.64. The Kier molecular flexibility index (Phi) is 4.31. The van der Waals surface area contributed by atoms with E-state index in [1.54, 1.807) is 0 Å². The summed E-state index contributed by atoms with van der Waals surface area (Å²) in [4.78, 5) is 4.91. The van der Waals surface area contributed by atoms with Crippen LogP contribution in [-0.4, -0.2) is 19.9 Å². The van der Waals surface area contributed by atoms with Crippen molar-refractivity contribution in [2.24, 2.45) is 12.1 Å². The molecule has 0 fully saturated rings. The molecule has 0 saturated heterocycles. The molecular formula is C22H23ClN4. The second-order valence-corrected chi connectivity index (χ2v) is 7.47. The van der Waals surface area contributed by atoms with E-state index in [1.165, 1.54) is 5.57 Å². The van der Waals surface area contributed by atoms with Crippen LogP contribution in [-0.2, 0) is 7.05 Å². The first kappa shape index (κ1) is 17.8. The molecule has 1 unspecified atom stereocenters. The van der Waals surface area contributed by atoms with Crippen LogP contribution in [0.15, 0.2) is 53.7 Å². The van der Waals surface area contributed by atoms with Gasteiger partial charge in [-0.25, -0.2) is 9.66 Å². The van der Waals surface area contributed by atoms with Crippen LogP contribution >= 0.6 is 11.6 Å². The fraction of sp³-hybridized carbons (Fsp3) is 0.273. The molecule has 0 amide bonds. The van der Waals surface area contributed by atoms with Crippen LogP contribution in [0.25, 0.3) is 22.3 Å². The fourth-order valence-corrected chi connectivity index (χ4v) is 4.26. The molecule has 0 radical (unpaired) electrons. The molecule has 4 rings (SSSR count). The SMILES string of the molecule is C=C/C(=C/C)C1CC(C)=Nn2c1nc(C)c2-c1cc2c(Cl)cccc2n1C. The standard InChI is InChI=1S/C22H23ClN4/c1-6-15(7-2)16-11-13(3)25-27-21(14(4)24-22(16)27)20-12-17-18(23)9-8-10-19(17)26(20)5/h6-10,12,16H,1,11H2,2-5H3/b15-7-. The van der Waals surface area contributed by atoms with E-state index in [9.17, 15) is 0 Å². The molecule has 0 bridgehead atoms. The van der Waals surface area contributed by atoms with Gasteiger partial charge in [0.15, 0.2) is 0 Å². The highest BCUT2D eigenvalue weighted by Crippen LogP contribution is 2.38. The Morgan fingerprint density at radius 3 is 2.78 bits per heavy atom. The molecule has 4 nitrogen and oxygen atoms in total. The highest BCUT2D eigenvalue weighted by atomic mass is 35.5. The zero-order valence-corrected chi connectivity index (χ0v) is 16.9. The van der Waals surface area contributed by atoms with Crippen molar-refractivity contribution in [3.05, 3.63) is 65.1 Å². The van der Waals surface area contributed by atoms with Gasteiger partial charge in [0.1, 0.15) is 11.5 Å². The minimum atomic E-state index is 0.177. The molecule has 0 aliphatic carbocycles. The normalized spacial score (nSPS) is 17.1. The quantitative estimate of drug-likeness (QED) is 0.526. The number of hydrogen-bond acceptors (Lipinski definition) is 2. The van der Waals surface area contributed by atoms with E-state index in [1.807, 2.05) is 36.7 Å². The second kappa shape index (κ2) is 6.54. The minimum Gasteiger partial charge on any atom is -0.342 e. The Morgan fingerprint density at radius 2 is 2.11 bits per heavy atom. The number of aromatic nitrogens is 3. The van der Waals surface area contributed by atoms with Crippen LogP contribution < -0.4 is 0 Å². The molecule has 27 heavy (non-hydrogen) atoms. The smallest absolute Gasteiger partial charge is 0.138 e. The van der Waals surface area contributed by atoms with E-state index in [4.69, 9.17) is 21.7 Å². The highest BCUT2D eigenvalue weighted by molar-refractivity contribution is 6.35. The van der Waals surface area contributed by atoms with Gasteiger partial charge in [0.2, 0.25) is 0 Å². The van der Waals surface area contributed by atoms with E-state index in [0.29, 0.717) is 0 Å². The molecule has 3 heterocycles. The predicted octanol–water partition coefficient (Wildman–Crippen LogP) is 5.85. The molecule has 1 atom stereocenters. The summed E-state index contributed by atoms with van der Waals surface area (Å²) in [6, 6.07) is 8.12. The topological polar surface area (TPSA) is 35.1 Å². The Morgan fingerprint density at radius 1 is 1.33 bits per heavy atom. The summed E-state index contributed by atoms with van der Waals surface area (Å²) in [7, 11) is 2.06. The lowest BCUT2D eigenvalue weighted by Gasteiger charge is -2.23. The summed E-state index contributed by atoms with van der Waals surface area (Å²) in [6.07, 6.45) is 4.90. The zero-order chi connectivity index (χ0) is 19.3. The van der Waals surface area contributed by atoms with Crippen molar-refractivity contribution in [3.8, 4) is 11.4 Å². The third kappa shape index (κ3) is 2.67. The first-order valence-corrected chi connectivity index (χ1v) is 9.50. The molecule has 138 valence electrons. The summed E-state index contributed by atoms with van der Waals surface area (Å²) < 4.78 is 4.17. The molecule has 1 aliphatic rings. The van der Waals surface area contributed by atoms with Crippen molar-refractivity contribution in [2.75, 3.05) is 0 Å². The van der Waals surface area contributed by atoms with Crippen molar-refractivity contribution < 1.29 is 0 Å². The van der Waals surface area contributed by atoms with Crippen LogP contribution in [0.1, 0.15) is 37.7 Å². The van der Waals surface area contributed by atoms with Crippen LogP contribution in [0.3, 0.4) is 0 Å².